The smallest absolute Gasteiger partial charge is 0.220 e. The molecule has 1 fully saturated rings. The molecule has 1 rings (SSSR count). The van der Waals surface area contributed by atoms with Crippen molar-refractivity contribution < 1.29 is 9.90 Å². The topological polar surface area (TPSA) is 49.3 Å². The largest absolute Gasteiger partial charge is 0.391 e. The zero-order chi connectivity index (χ0) is 12.0. The standard InChI is InChI=1S/C12H23NO2S/c1-9(2)11(14)8-13-12(15)7-10-3-5-16-6-4-10/h9-11,14H,3-8H2,1-2H3,(H,13,15). The second-order valence-corrected chi connectivity index (χ2v) is 6.10. The lowest BCUT2D eigenvalue weighted by atomic mass is 9.98. The SMILES string of the molecule is CC(C)C(O)CNC(=O)CC1CCSCC1. The number of rotatable bonds is 5. The van der Waals surface area contributed by atoms with Gasteiger partial charge in [-0.1, -0.05) is 13.8 Å². The number of hydrogen-bond acceptors (Lipinski definition) is 3. The van der Waals surface area contributed by atoms with Crippen LogP contribution in [0.2, 0.25) is 0 Å². The molecule has 0 bridgehead atoms. The molecule has 0 aromatic carbocycles. The molecule has 0 spiro atoms. The van der Waals surface area contributed by atoms with Crippen LogP contribution in [0.3, 0.4) is 0 Å². The summed E-state index contributed by atoms with van der Waals surface area (Å²) in [5.74, 6) is 3.22. The fraction of sp³-hybridized carbons (Fsp3) is 0.917. The molecule has 1 atom stereocenters. The molecule has 2 N–H and O–H groups in total. The average molecular weight is 245 g/mol. The first-order valence-electron chi connectivity index (χ1n) is 6.12. The lowest BCUT2D eigenvalue weighted by molar-refractivity contribution is -0.122. The number of hydrogen-bond donors (Lipinski definition) is 2. The van der Waals surface area contributed by atoms with Crippen LogP contribution >= 0.6 is 11.8 Å². The van der Waals surface area contributed by atoms with Crippen molar-refractivity contribution in [1.29, 1.82) is 0 Å². The molecule has 0 radical (unpaired) electrons. The first-order chi connectivity index (χ1) is 7.59. The van der Waals surface area contributed by atoms with Crippen molar-refractivity contribution in [3.05, 3.63) is 0 Å². The van der Waals surface area contributed by atoms with Gasteiger partial charge in [0, 0.05) is 13.0 Å². The normalized spacial score (nSPS) is 19.8. The van der Waals surface area contributed by atoms with Crippen LogP contribution in [-0.2, 0) is 4.79 Å². The van der Waals surface area contributed by atoms with Crippen LogP contribution in [-0.4, -0.2) is 35.2 Å². The van der Waals surface area contributed by atoms with Crippen molar-refractivity contribution in [1.82, 2.24) is 5.32 Å². The summed E-state index contributed by atoms with van der Waals surface area (Å²) in [6, 6.07) is 0. The number of aliphatic hydroxyl groups excluding tert-OH is 1. The van der Waals surface area contributed by atoms with Gasteiger partial charge in [0.2, 0.25) is 5.91 Å². The van der Waals surface area contributed by atoms with Gasteiger partial charge in [-0.2, -0.15) is 11.8 Å². The van der Waals surface area contributed by atoms with Gasteiger partial charge in [0.05, 0.1) is 6.10 Å². The molecule has 1 saturated heterocycles. The van der Waals surface area contributed by atoms with Crippen molar-refractivity contribution in [3.63, 3.8) is 0 Å². The van der Waals surface area contributed by atoms with Crippen LogP contribution in [0.25, 0.3) is 0 Å². The molecule has 0 saturated carbocycles. The Balaban J connectivity index is 2.14. The van der Waals surface area contributed by atoms with Gasteiger partial charge in [0.25, 0.3) is 0 Å². The van der Waals surface area contributed by atoms with Crippen LogP contribution < -0.4 is 5.32 Å². The highest BCUT2D eigenvalue weighted by molar-refractivity contribution is 7.99. The highest BCUT2D eigenvalue weighted by atomic mass is 32.2. The lowest BCUT2D eigenvalue weighted by Crippen LogP contribution is -2.35. The minimum Gasteiger partial charge on any atom is -0.391 e. The van der Waals surface area contributed by atoms with E-state index in [-0.39, 0.29) is 11.8 Å². The van der Waals surface area contributed by atoms with E-state index in [0.717, 1.165) is 12.8 Å². The minimum absolute atomic E-state index is 0.0941. The third kappa shape index (κ3) is 5.21. The summed E-state index contributed by atoms with van der Waals surface area (Å²) in [4.78, 5) is 11.6. The van der Waals surface area contributed by atoms with Crippen molar-refractivity contribution >= 4 is 17.7 Å². The van der Waals surface area contributed by atoms with E-state index in [1.165, 1.54) is 11.5 Å². The van der Waals surface area contributed by atoms with E-state index in [1.54, 1.807) is 0 Å². The van der Waals surface area contributed by atoms with Crippen LogP contribution in [0.1, 0.15) is 33.1 Å². The fourth-order valence-corrected chi connectivity index (χ4v) is 2.94. The predicted molar refractivity (Wildman–Crippen MR) is 68.5 cm³/mol. The van der Waals surface area contributed by atoms with Crippen LogP contribution in [0, 0.1) is 11.8 Å². The number of thioether (sulfide) groups is 1. The van der Waals surface area contributed by atoms with Crippen molar-refractivity contribution in [2.75, 3.05) is 18.1 Å². The number of carbonyl (C=O) groups is 1. The second kappa shape index (κ2) is 7.17. The highest BCUT2D eigenvalue weighted by Gasteiger charge is 2.18. The summed E-state index contributed by atoms with van der Waals surface area (Å²) in [5.41, 5.74) is 0. The molecule has 1 unspecified atom stereocenters. The van der Waals surface area contributed by atoms with Gasteiger partial charge >= 0.3 is 0 Å². The van der Waals surface area contributed by atoms with E-state index in [4.69, 9.17) is 0 Å². The maximum absolute atomic E-state index is 11.6. The molecule has 1 amide bonds. The molecule has 1 heterocycles. The van der Waals surface area contributed by atoms with E-state index >= 15 is 0 Å². The average Bonchev–Trinajstić information content (AvgIpc) is 2.27. The Kier molecular flexibility index (Phi) is 6.21. The third-order valence-electron chi connectivity index (χ3n) is 3.09. The Hall–Kier alpha value is -0.220. The van der Waals surface area contributed by atoms with Gasteiger partial charge in [-0.25, -0.2) is 0 Å². The molecular weight excluding hydrogens is 222 g/mol. The van der Waals surface area contributed by atoms with Gasteiger partial charge in [-0.05, 0) is 36.2 Å². The van der Waals surface area contributed by atoms with Crippen LogP contribution in [0.15, 0.2) is 0 Å². The molecule has 0 aromatic rings. The molecule has 16 heavy (non-hydrogen) atoms. The Labute approximate surface area is 102 Å². The molecule has 3 nitrogen and oxygen atoms in total. The third-order valence-corrected chi connectivity index (χ3v) is 4.14. The molecule has 4 heteroatoms. The summed E-state index contributed by atoms with van der Waals surface area (Å²) in [6.45, 7) is 4.29. The van der Waals surface area contributed by atoms with Crippen LogP contribution in [0.5, 0.6) is 0 Å². The first kappa shape index (κ1) is 13.8. The lowest BCUT2D eigenvalue weighted by Gasteiger charge is -2.21. The number of aliphatic hydroxyl groups is 1. The Morgan fingerprint density at radius 3 is 2.62 bits per heavy atom. The van der Waals surface area contributed by atoms with Gasteiger partial charge < -0.3 is 10.4 Å². The van der Waals surface area contributed by atoms with Crippen molar-refractivity contribution in [3.8, 4) is 0 Å². The predicted octanol–water partition coefficient (Wildman–Crippen LogP) is 1.65. The summed E-state index contributed by atoms with van der Waals surface area (Å²) in [7, 11) is 0. The van der Waals surface area contributed by atoms with Gasteiger partial charge in [0.1, 0.15) is 0 Å². The van der Waals surface area contributed by atoms with Gasteiger partial charge in [-0.3, -0.25) is 4.79 Å². The maximum Gasteiger partial charge on any atom is 0.220 e. The van der Waals surface area contributed by atoms with Gasteiger partial charge in [0.15, 0.2) is 0 Å². The molecule has 0 aliphatic carbocycles. The summed E-state index contributed by atoms with van der Waals surface area (Å²) in [6.07, 6.45) is 2.52. The van der Waals surface area contributed by atoms with E-state index in [9.17, 15) is 9.90 Å². The molecule has 0 aromatic heterocycles. The Bertz CT molecular complexity index is 215. The summed E-state index contributed by atoms with van der Waals surface area (Å²) >= 11 is 1.98. The fourth-order valence-electron chi connectivity index (χ4n) is 1.74. The number of amides is 1. The van der Waals surface area contributed by atoms with E-state index in [1.807, 2.05) is 25.6 Å². The van der Waals surface area contributed by atoms with Crippen LogP contribution in [0.4, 0.5) is 0 Å². The summed E-state index contributed by atoms with van der Waals surface area (Å²) < 4.78 is 0. The summed E-state index contributed by atoms with van der Waals surface area (Å²) in [5, 5.41) is 12.4. The molecule has 1 aliphatic heterocycles. The second-order valence-electron chi connectivity index (χ2n) is 4.88. The zero-order valence-electron chi connectivity index (χ0n) is 10.2. The van der Waals surface area contributed by atoms with Crippen molar-refractivity contribution in [2.45, 2.75) is 39.2 Å². The van der Waals surface area contributed by atoms with E-state index in [2.05, 4.69) is 5.32 Å². The van der Waals surface area contributed by atoms with E-state index < -0.39 is 6.10 Å². The molecule has 1 aliphatic rings. The zero-order valence-corrected chi connectivity index (χ0v) is 11.1. The monoisotopic (exact) mass is 245 g/mol. The number of carbonyl (C=O) groups excluding carboxylic acids is 1. The van der Waals surface area contributed by atoms with Gasteiger partial charge in [-0.15, -0.1) is 0 Å². The Morgan fingerprint density at radius 2 is 2.06 bits per heavy atom. The highest BCUT2D eigenvalue weighted by Crippen LogP contribution is 2.24. The first-order valence-corrected chi connectivity index (χ1v) is 7.27. The maximum atomic E-state index is 11.6. The van der Waals surface area contributed by atoms with E-state index in [0.29, 0.717) is 18.9 Å². The minimum atomic E-state index is -0.425. The molecule has 94 valence electrons. The Morgan fingerprint density at radius 1 is 1.44 bits per heavy atom. The van der Waals surface area contributed by atoms with Crippen molar-refractivity contribution in [2.24, 2.45) is 11.8 Å². The molecular formula is C12H23NO2S. The number of nitrogens with one attached hydrogen (secondary N) is 1. The quantitative estimate of drug-likeness (QED) is 0.774.